The minimum atomic E-state index is -0.340. The first-order chi connectivity index (χ1) is 7.60. The standard InChI is InChI=1S/C12H24N2O2/c1-4-16-10(3)12(15)14-6-5-9(2)7-11(14)8-13/h9-11H,4-8,13H2,1-3H3. The lowest BCUT2D eigenvalue weighted by Crippen LogP contribution is -2.52. The molecule has 1 heterocycles. The molecule has 0 aromatic heterocycles. The van der Waals surface area contributed by atoms with Gasteiger partial charge in [0.15, 0.2) is 0 Å². The van der Waals surface area contributed by atoms with Crippen LogP contribution in [-0.4, -0.2) is 42.6 Å². The van der Waals surface area contributed by atoms with Gasteiger partial charge in [-0.15, -0.1) is 0 Å². The van der Waals surface area contributed by atoms with E-state index >= 15 is 0 Å². The highest BCUT2D eigenvalue weighted by Gasteiger charge is 2.31. The maximum Gasteiger partial charge on any atom is 0.251 e. The van der Waals surface area contributed by atoms with Crippen LogP contribution in [0.25, 0.3) is 0 Å². The molecule has 0 aromatic rings. The van der Waals surface area contributed by atoms with Crippen molar-refractivity contribution in [3.63, 3.8) is 0 Å². The van der Waals surface area contributed by atoms with Crippen molar-refractivity contribution >= 4 is 5.91 Å². The molecule has 0 radical (unpaired) electrons. The normalized spacial score (nSPS) is 27.9. The van der Waals surface area contributed by atoms with Crippen LogP contribution in [0.1, 0.15) is 33.6 Å². The summed E-state index contributed by atoms with van der Waals surface area (Å²) in [5, 5.41) is 0. The van der Waals surface area contributed by atoms with E-state index in [0.717, 1.165) is 19.4 Å². The summed E-state index contributed by atoms with van der Waals surface area (Å²) in [6.45, 7) is 7.88. The number of nitrogens with zero attached hydrogens (tertiary/aromatic N) is 1. The molecule has 3 atom stereocenters. The predicted molar refractivity (Wildman–Crippen MR) is 64.0 cm³/mol. The van der Waals surface area contributed by atoms with Gasteiger partial charge < -0.3 is 15.4 Å². The Balaban J connectivity index is 2.59. The van der Waals surface area contributed by atoms with Gasteiger partial charge in [0.1, 0.15) is 6.10 Å². The second kappa shape index (κ2) is 6.21. The molecule has 1 aliphatic heterocycles. The lowest BCUT2D eigenvalue weighted by atomic mass is 9.92. The van der Waals surface area contributed by atoms with Gasteiger partial charge in [-0.3, -0.25) is 4.79 Å². The Hall–Kier alpha value is -0.610. The SMILES string of the molecule is CCOC(C)C(=O)N1CCC(C)CC1CN. The molecule has 4 nitrogen and oxygen atoms in total. The van der Waals surface area contributed by atoms with Crippen LogP contribution in [0.3, 0.4) is 0 Å². The molecular formula is C12H24N2O2. The Bertz CT molecular complexity index is 233. The fourth-order valence-corrected chi connectivity index (χ4v) is 2.32. The maximum atomic E-state index is 12.1. The highest BCUT2D eigenvalue weighted by atomic mass is 16.5. The summed E-state index contributed by atoms with van der Waals surface area (Å²) in [6.07, 6.45) is 1.75. The largest absolute Gasteiger partial charge is 0.369 e. The number of hydrogen-bond donors (Lipinski definition) is 1. The number of ether oxygens (including phenoxy) is 1. The Morgan fingerprint density at radius 1 is 1.62 bits per heavy atom. The second-order valence-corrected chi connectivity index (χ2v) is 4.65. The van der Waals surface area contributed by atoms with Crippen molar-refractivity contribution in [2.24, 2.45) is 11.7 Å². The summed E-state index contributed by atoms with van der Waals surface area (Å²) >= 11 is 0. The molecule has 0 spiro atoms. The van der Waals surface area contributed by atoms with E-state index in [4.69, 9.17) is 10.5 Å². The predicted octanol–water partition coefficient (Wildman–Crippen LogP) is 0.997. The van der Waals surface area contributed by atoms with Gasteiger partial charge in [-0.1, -0.05) is 6.92 Å². The van der Waals surface area contributed by atoms with Crippen LogP contribution in [0, 0.1) is 5.92 Å². The molecule has 4 heteroatoms. The van der Waals surface area contributed by atoms with E-state index in [9.17, 15) is 4.79 Å². The third kappa shape index (κ3) is 3.19. The Morgan fingerprint density at radius 3 is 2.88 bits per heavy atom. The molecular weight excluding hydrogens is 204 g/mol. The first kappa shape index (κ1) is 13.5. The van der Waals surface area contributed by atoms with E-state index in [1.54, 1.807) is 0 Å². The molecule has 16 heavy (non-hydrogen) atoms. The molecule has 1 saturated heterocycles. The van der Waals surface area contributed by atoms with Crippen LogP contribution in [0.15, 0.2) is 0 Å². The fraction of sp³-hybridized carbons (Fsp3) is 0.917. The maximum absolute atomic E-state index is 12.1. The van der Waals surface area contributed by atoms with E-state index < -0.39 is 0 Å². The van der Waals surface area contributed by atoms with Crippen molar-refractivity contribution in [2.45, 2.75) is 45.8 Å². The summed E-state index contributed by atoms with van der Waals surface area (Å²) in [5.74, 6) is 0.754. The third-order valence-electron chi connectivity index (χ3n) is 3.30. The minimum absolute atomic E-state index is 0.0872. The molecule has 3 unspecified atom stereocenters. The molecule has 0 bridgehead atoms. The van der Waals surface area contributed by atoms with E-state index in [1.165, 1.54) is 0 Å². The highest BCUT2D eigenvalue weighted by molar-refractivity contribution is 5.81. The van der Waals surface area contributed by atoms with Crippen molar-refractivity contribution in [1.82, 2.24) is 4.90 Å². The number of amides is 1. The first-order valence-corrected chi connectivity index (χ1v) is 6.22. The van der Waals surface area contributed by atoms with Crippen LogP contribution in [0.4, 0.5) is 0 Å². The molecule has 1 amide bonds. The lowest BCUT2D eigenvalue weighted by Gasteiger charge is -2.39. The summed E-state index contributed by atoms with van der Waals surface area (Å²) in [6, 6.07) is 0.194. The van der Waals surface area contributed by atoms with Gasteiger partial charge in [0.05, 0.1) is 0 Å². The number of hydrogen-bond acceptors (Lipinski definition) is 3. The Morgan fingerprint density at radius 2 is 2.31 bits per heavy atom. The van der Waals surface area contributed by atoms with Gasteiger partial charge in [0.25, 0.3) is 5.91 Å². The summed E-state index contributed by atoms with van der Waals surface area (Å²) < 4.78 is 5.34. The van der Waals surface area contributed by atoms with E-state index in [-0.39, 0.29) is 18.1 Å². The number of piperidine rings is 1. The van der Waals surface area contributed by atoms with Crippen molar-refractivity contribution in [2.75, 3.05) is 19.7 Å². The molecule has 0 saturated carbocycles. The summed E-state index contributed by atoms with van der Waals surface area (Å²) in [7, 11) is 0. The summed E-state index contributed by atoms with van der Waals surface area (Å²) in [5.41, 5.74) is 5.73. The van der Waals surface area contributed by atoms with Crippen molar-refractivity contribution < 1.29 is 9.53 Å². The van der Waals surface area contributed by atoms with Gasteiger partial charge in [0.2, 0.25) is 0 Å². The van der Waals surface area contributed by atoms with Gasteiger partial charge in [-0.2, -0.15) is 0 Å². The van der Waals surface area contributed by atoms with Gasteiger partial charge in [-0.25, -0.2) is 0 Å². The van der Waals surface area contributed by atoms with E-state index in [1.807, 2.05) is 18.7 Å². The van der Waals surface area contributed by atoms with Crippen molar-refractivity contribution in [3.8, 4) is 0 Å². The van der Waals surface area contributed by atoms with Crippen LogP contribution in [-0.2, 0) is 9.53 Å². The van der Waals surface area contributed by atoms with Crippen LogP contribution in [0.5, 0.6) is 0 Å². The molecule has 2 N–H and O–H groups in total. The monoisotopic (exact) mass is 228 g/mol. The molecule has 94 valence electrons. The van der Waals surface area contributed by atoms with Crippen LogP contribution >= 0.6 is 0 Å². The van der Waals surface area contributed by atoms with Crippen LogP contribution < -0.4 is 5.73 Å². The zero-order chi connectivity index (χ0) is 12.1. The van der Waals surface area contributed by atoms with Crippen LogP contribution in [0.2, 0.25) is 0 Å². The number of nitrogens with two attached hydrogens (primary N) is 1. The number of carbonyl (C=O) groups excluding carboxylic acids is 1. The zero-order valence-corrected chi connectivity index (χ0v) is 10.6. The van der Waals surface area contributed by atoms with Crippen molar-refractivity contribution in [1.29, 1.82) is 0 Å². The molecule has 1 rings (SSSR count). The lowest BCUT2D eigenvalue weighted by molar-refractivity contribution is -0.146. The molecule has 1 fully saturated rings. The first-order valence-electron chi connectivity index (χ1n) is 6.22. The Labute approximate surface area is 98.1 Å². The minimum Gasteiger partial charge on any atom is -0.369 e. The quantitative estimate of drug-likeness (QED) is 0.781. The zero-order valence-electron chi connectivity index (χ0n) is 10.6. The second-order valence-electron chi connectivity index (χ2n) is 4.65. The van der Waals surface area contributed by atoms with E-state index in [0.29, 0.717) is 19.1 Å². The highest BCUT2D eigenvalue weighted by Crippen LogP contribution is 2.22. The number of likely N-dealkylation sites (tertiary alicyclic amines) is 1. The average molecular weight is 228 g/mol. The topological polar surface area (TPSA) is 55.6 Å². The Kier molecular flexibility index (Phi) is 5.22. The molecule has 0 aromatic carbocycles. The van der Waals surface area contributed by atoms with Gasteiger partial charge in [-0.05, 0) is 32.6 Å². The summed E-state index contributed by atoms with van der Waals surface area (Å²) in [4.78, 5) is 14.0. The smallest absolute Gasteiger partial charge is 0.251 e. The third-order valence-corrected chi connectivity index (χ3v) is 3.30. The molecule has 0 aliphatic carbocycles. The average Bonchev–Trinajstić information content (AvgIpc) is 2.28. The van der Waals surface area contributed by atoms with Crippen molar-refractivity contribution in [3.05, 3.63) is 0 Å². The number of rotatable bonds is 4. The molecule has 1 aliphatic rings. The van der Waals surface area contributed by atoms with Gasteiger partial charge in [0, 0.05) is 25.7 Å². The number of carbonyl (C=O) groups is 1. The van der Waals surface area contributed by atoms with Gasteiger partial charge >= 0.3 is 0 Å². The fourth-order valence-electron chi connectivity index (χ4n) is 2.32. The van der Waals surface area contributed by atoms with E-state index in [2.05, 4.69) is 6.92 Å².